The molecular formula is C15H20N2O3S. The summed E-state index contributed by atoms with van der Waals surface area (Å²) in [7, 11) is -3.62. The zero-order valence-electron chi connectivity index (χ0n) is 12.2. The molecule has 6 heteroatoms. The van der Waals surface area contributed by atoms with Crippen LogP contribution in [0.5, 0.6) is 0 Å². The summed E-state index contributed by atoms with van der Waals surface area (Å²) < 4.78 is 26.8. The molecule has 0 saturated heterocycles. The van der Waals surface area contributed by atoms with E-state index in [1.165, 1.54) is 16.1 Å². The number of oxime groups is 1. The van der Waals surface area contributed by atoms with E-state index in [4.69, 9.17) is 5.21 Å². The Kier molecular flexibility index (Phi) is 4.80. The van der Waals surface area contributed by atoms with E-state index in [2.05, 4.69) is 5.16 Å². The molecule has 1 atom stereocenters. The molecule has 1 aliphatic carbocycles. The van der Waals surface area contributed by atoms with Gasteiger partial charge in [-0.1, -0.05) is 29.3 Å². The summed E-state index contributed by atoms with van der Waals surface area (Å²) in [4.78, 5) is 0.250. The monoisotopic (exact) mass is 308 g/mol. The summed E-state index contributed by atoms with van der Waals surface area (Å²) in [6.45, 7) is 3.89. The SMILES string of the molecule is Cc1ccc(S(=O)(=O)N(CC=C2CC2)[C@@H](C)/C=N/O)cc1. The minimum absolute atomic E-state index is 0.250. The van der Waals surface area contributed by atoms with Gasteiger partial charge >= 0.3 is 0 Å². The van der Waals surface area contributed by atoms with E-state index >= 15 is 0 Å². The minimum Gasteiger partial charge on any atom is -0.411 e. The topological polar surface area (TPSA) is 70.0 Å². The molecular weight excluding hydrogens is 288 g/mol. The van der Waals surface area contributed by atoms with Crippen LogP contribution in [0, 0.1) is 6.92 Å². The number of nitrogens with zero attached hydrogens (tertiary/aromatic N) is 2. The first-order valence-corrected chi connectivity index (χ1v) is 8.33. The maximum absolute atomic E-state index is 12.7. The van der Waals surface area contributed by atoms with Crippen molar-refractivity contribution >= 4 is 16.2 Å². The molecule has 0 spiro atoms. The van der Waals surface area contributed by atoms with Crippen LogP contribution in [0.1, 0.15) is 25.3 Å². The number of aryl methyl sites for hydroxylation is 1. The highest BCUT2D eigenvalue weighted by Crippen LogP contribution is 2.28. The third kappa shape index (κ3) is 3.92. The Hall–Kier alpha value is -1.66. The van der Waals surface area contributed by atoms with Crippen LogP contribution in [-0.4, -0.2) is 36.7 Å². The molecule has 1 saturated carbocycles. The Balaban J connectivity index is 2.32. The van der Waals surface area contributed by atoms with Crippen LogP contribution in [0.4, 0.5) is 0 Å². The van der Waals surface area contributed by atoms with Gasteiger partial charge in [0.1, 0.15) is 0 Å². The average Bonchev–Trinajstić information content (AvgIpc) is 3.23. The van der Waals surface area contributed by atoms with Gasteiger partial charge in [0.25, 0.3) is 0 Å². The van der Waals surface area contributed by atoms with Crippen LogP contribution < -0.4 is 0 Å². The highest BCUT2D eigenvalue weighted by atomic mass is 32.2. The molecule has 1 aliphatic rings. The van der Waals surface area contributed by atoms with Crippen molar-refractivity contribution < 1.29 is 13.6 Å². The standard InChI is InChI=1S/C15H20N2O3S/c1-12-3-7-15(8-4-12)21(19,20)17(13(2)11-16-18)10-9-14-5-6-14/h3-4,7-9,11,13,18H,5-6,10H2,1-2H3/b16-11+/t13-/m0/s1. The van der Waals surface area contributed by atoms with Gasteiger partial charge in [-0.15, -0.1) is 5.16 Å². The van der Waals surface area contributed by atoms with Gasteiger partial charge in [-0.3, -0.25) is 0 Å². The predicted molar refractivity (Wildman–Crippen MR) is 82.1 cm³/mol. The van der Waals surface area contributed by atoms with Crippen LogP contribution in [0.3, 0.4) is 0 Å². The molecule has 1 fully saturated rings. The molecule has 0 heterocycles. The fourth-order valence-corrected chi connectivity index (χ4v) is 3.51. The fraction of sp³-hybridized carbons (Fsp3) is 0.400. The van der Waals surface area contributed by atoms with Crippen molar-refractivity contribution in [2.24, 2.45) is 5.16 Å². The molecule has 1 aromatic carbocycles. The van der Waals surface area contributed by atoms with Gasteiger partial charge in [-0.25, -0.2) is 8.42 Å². The van der Waals surface area contributed by atoms with Gasteiger partial charge < -0.3 is 5.21 Å². The normalized spacial score (nSPS) is 16.4. The summed E-state index contributed by atoms with van der Waals surface area (Å²) in [6, 6.07) is 6.23. The summed E-state index contributed by atoms with van der Waals surface area (Å²) in [5.41, 5.74) is 2.28. The zero-order valence-corrected chi connectivity index (χ0v) is 13.0. The van der Waals surface area contributed by atoms with Gasteiger partial charge in [-0.2, -0.15) is 4.31 Å². The number of hydrogen-bond donors (Lipinski definition) is 1. The van der Waals surface area contributed by atoms with Crippen molar-refractivity contribution in [3.05, 3.63) is 41.5 Å². The summed E-state index contributed by atoms with van der Waals surface area (Å²) in [5, 5.41) is 11.6. The van der Waals surface area contributed by atoms with Crippen molar-refractivity contribution in [3.8, 4) is 0 Å². The second kappa shape index (κ2) is 6.41. The van der Waals surface area contributed by atoms with Crippen LogP contribution >= 0.6 is 0 Å². The van der Waals surface area contributed by atoms with Crippen molar-refractivity contribution in [2.45, 2.75) is 37.6 Å². The second-order valence-corrected chi connectivity index (χ2v) is 7.15. The van der Waals surface area contributed by atoms with Crippen molar-refractivity contribution in [1.82, 2.24) is 4.31 Å². The molecule has 0 bridgehead atoms. The van der Waals surface area contributed by atoms with Crippen LogP contribution in [0.15, 0.2) is 46.0 Å². The summed E-state index contributed by atoms with van der Waals surface area (Å²) >= 11 is 0. The van der Waals surface area contributed by atoms with E-state index in [1.54, 1.807) is 31.2 Å². The third-order valence-corrected chi connectivity index (χ3v) is 5.43. The Morgan fingerprint density at radius 2 is 1.95 bits per heavy atom. The third-order valence-electron chi connectivity index (χ3n) is 3.46. The maximum Gasteiger partial charge on any atom is 0.243 e. The van der Waals surface area contributed by atoms with Gasteiger partial charge in [-0.05, 0) is 38.8 Å². The Morgan fingerprint density at radius 3 is 2.48 bits per heavy atom. The molecule has 0 radical (unpaired) electrons. The molecule has 114 valence electrons. The maximum atomic E-state index is 12.7. The van der Waals surface area contributed by atoms with Crippen LogP contribution in [-0.2, 0) is 10.0 Å². The lowest BCUT2D eigenvalue weighted by atomic mass is 10.2. The summed E-state index contributed by atoms with van der Waals surface area (Å²) in [5.74, 6) is 0. The van der Waals surface area contributed by atoms with E-state index in [9.17, 15) is 8.42 Å². The van der Waals surface area contributed by atoms with Gasteiger partial charge in [0, 0.05) is 6.54 Å². The van der Waals surface area contributed by atoms with E-state index in [-0.39, 0.29) is 4.90 Å². The summed E-state index contributed by atoms with van der Waals surface area (Å²) in [6.07, 6.45) is 5.24. The lowest BCUT2D eigenvalue weighted by Crippen LogP contribution is -2.39. The van der Waals surface area contributed by atoms with Crippen molar-refractivity contribution in [1.29, 1.82) is 0 Å². The molecule has 0 aromatic heterocycles. The molecule has 5 nitrogen and oxygen atoms in total. The molecule has 0 amide bonds. The van der Waals surface area contributed by atoms with Crippen LogP contribution in [0.25, 0.3) is 0 Å². The highest BCUT2D eigenvalue weighted by Gasteiger charge is 2.28. The van der Waals surface area contributed by atoms with Gasteiger partial charge in [0.05, 0.1) is 17.2 Å². The van der Waals surface area contributed by atoms with Crippen molar-refractivity contribution in [2.75, 3.05) is 6.54 Å². The van der Waals surface area contributed by atoms with E-state index in [1.807, 2.05) is 13.0 Å². The molecule has 0 unspecified atom stereocenters. The van der Waals surface area contributed by atoms with Gasteiger partial charge in [0.15, 0.2) is 0 Å². The van der Waals surface area contributed by atoms with E-state index < -0.39 is 16.1 Å². The number of benzene rings is 1. The highest BCUT2D eigenvalue weighted by molar-refractivity contribution is 7.89. The Morgan fingerprint density at radius 1 is 1.33 bits per heavy atom. The first-order valence-electron chi connectivity index (χ1n) is 6.89. The lowest BCUT2D eigenvalue weighted by molar-refractivity contribution is 0.315. The minimum atomic E-state index is -3.62. The van der Waals surface area contributed by atoms with Crippen LogP contribution in [0.2, 0.25) is 0 Å². The average molecular weight is 308 g/mol. The lowest BCUT2D eigenvalue weighted by Gasteiger charge is -2.24. The fourth-order valence-electron chi connectivity index (χ4n) is 2.00. The Labute approximate surface area is 125 Å². The zero-order chi connectivity index (χ0) is 15.5. The second-order valence-electron chi connectivity index (χ2n) is 5.26. The molecule has 1 aromatic rings. The number of rotatable bonds is 6. The first kappa shape index (κ1) is 15.7. The largest absolute Gasteiger partial charge is 0.411 e. The predicted octanol–water partition coefficient (Wildman–Crippen LogP) is 2.55. The molecule has 21 heavy (non-hydrogen) atoms. The quantitative estimate of drug-likeness (QED) is 0.380. The number of allylic oxidation sites excluding steroid dienone is 1. The molecule has 1 N–H and O–H groups in total. The number of hydrogen-bond acceptors (Lipinski definition) is 4. The van der Waals surface area contributed by atoms with E-state index in [0.717, 1.165) is 18.4 Å². The smallest absolute Gasteiger partial charge is 0.243 e. The molecule has 0 aliphatic heterocycles. The molecule has 2 rings (SSSR count). The number of sulfonamides is 1. The first-order chi connectivity index (χ1) is 9.95. The van der Waals surface area contributed by atoms with Gasteiger partial charge in [0.2, 0.25) is 10.0 Å². The Bertz CT molecular complexity index is 642. The van der Waals surface area contributed by atoms with Crippen molar-refractivity contribution in [3.63, 3.8) is 0 Å². The van der Waals surface area contributed by atoms with E-state index in [0.29, 0.717) is 6.54 Å².